The van der Waals surface area contributed by atoms with Gasteiger partial charge in [0.2, 0.25) is 0 Å². The summed E-state index contributed by atoms with van der Waals surface area (Å²) in [6, 6.07) is 3.58. The second-order valence-electron chi connectivity index (χ2n) is 3.03. The number of hydrogen-bond acceptors (Lipinski definition) is 4. The highest BCUT2D eigenvalue weighted by atomic mass is 16.5. The first-order valence-corrected chi connectivity index (χ1v) is 4.63. The highest BCUT2D eigenvalue weighted by molar-refractivity contribution is 6.03. The third-order valence-corrected chi connectivity index (χ3v) is 2.07. The summed E-state index contributed by atoms with van der Waals surface area (Å²) in [6.07, 6.45) is 1.63. The molecule has 0 spiro atoms. The molecule has 2 rings (SSSR count). The van der Waals surface area contributed by atoms with Gasteiger partial charge in [0.25, 0.3) is 0 Å². The van der Waals surface area contributed by atoms with Crippen molar-refractivity contribution in [2.75, 3.05) is 12.3 Å². The van der Waals surface area contributed by atoms with Crippen LogP contribution in [0.3, 0.4) is 0 Å². The molecule has 0 saturated heterocycles. The monoisotopic (exact) mass is 205 g/mol. The minimum Gasteiger partial charge on any atom is -0.461 e. The van der Waals surface area contributed by atoms with Gasteiger partial charge in [-0.05, 0) is 19.1 Å². The van der Waals surface area contributed by atoms with Gasteiger partial charge in [0.05, 0.1) is 17.8 Å². The highest BCUT2D eigenvalue weighted by Crippen LogP contribution is 2.22. The number of aromatic amines is 1. The maximum absolute atomic E-state index is 11.5. The number of nitrogens with one attached hydrogen (secondary N) is 1. The average molecular weight is 205 g/mol. The van der Waals surface area contributed by atoms with Gasteiger partial charge in [0, 0.05) is 6.20 Å². The summed E-state index contributed by atoms with van der Waals surface area (Å²) in [5.41, 5.74) is 7.71. The van der Waals surface area contributed by atoms with E-state index >= 15 is 0 Å². The molecule has 2 aromatic rings. The Morgan fingerprint density at radius 3 is 3.13 bits per heavy atom. The van der Waals surface area contributed by atoms with Gasteiger partial charge in [-0.2, -0.15) is 0 Å². The van der Waals surface area contributed by atoms with Crippen LogP contribution in [0, 0.1) is 0 Å². The molecule has 15 heavy (non-hydrogen) atoms. The van der Waals surface area contributed by atoms with Crippen LogP contribution < -0.4 is 5.73 Å². The molecular formula is C10H11N3O2. The van der Waals surface area contributed by atoms with Gasteiger partial charge >= 0.3 is 5.97 Å². The van der Waals surface area contributed by atoms with Crippen molar-refractivity contribution in [2.24, 2.45) is 0 Å². The number of rotatable bonds is 2. The molecule has 0 bridgehead atoms. The van der Waals surface area contributed by atoms with Crippen molar-refractivity contribution in [1.29, 1.82) is 0 Å². The van der Waals surface area contributed by atoms with Crippen molar-refractivity contribution < 1.29 is 9.53 Å². The number of nitrogen functional groups attached to an aromatic ring is 1. The first-order valence-electron chi connectivity index (χ1n) is 4.63. The number of nitrogens with zero attached hydrogens (tertiary/aromatic N) is 1. The van der Waals surface area contributed by atoms with Gasteiger partial charge in [-0.25, -0.2) is 4.79 Å². The van der Waals surface area contributed by atoms with E-state index in [0.29, 0.717) is 17.8 Å². The fourth-order valence-corrected chi connectivity index (χ4v) is 1.41. The van der Waals surface area contributed by atoms with Gasteiger partial charge in [-0.3, -0.25) is 4.98 Å². The molecule has 2 heterocycles. The van der Waals surface area contributed by atoms with Crippen molar-refractivity contribution in [3.63, 3.8) is 0 Å². The quantitative estimate of drug-likeness (QED) is 0.724. The summed E-state index contributed by atoms with van der Waals surface area (Å²) in [5.74, 6) is -0.451. The Morgan fingerprint density at radius 2 is 2.47 bits per heavy atom. The lowest BCUT2D eigenvalue weighted by Gasteiger charge is -1.99. The van der Waals surface area contributed by atoms with Crippen LogP contribution in [0.15, 0.2) is 18.3 Å². The zero-order chi connectivity index (χ0) is 10.8. The minimum absolute atomic E-state index is 0.269. The Labute approximate surface area is 86.3 Å². The van der Waals surface area contributed by atoms with E-state index in [1.54, 1.807) is 25.3 Å². The summed E-state index contributed by atoms with van der Waals surface area (Å²) in [7, 11) is 0. The molecule has 0 aromatic carbocycles. The predicted octanol–water partition coefficient (Wildman–Crippen LogP) is 1.32. The van der Waals surface area contributed by atoms with Crippen molar-refractivity contribution in [1.82, 2.24) is 9.97 Å². The lowest BCUT2D eigenvalue weighted by atomic mass is 10.3. The summed E-state index contributed by atoms with van der Waals surface area (Å²) in [6.45, 7) is 2.07. The first kappa shape index (κ1) is 9.51. The van der Waals surface area contributed by atoms with E-state index in [4.69, 9.17) is 10.5 Å². The van der Waals surface area contributed by atoms with Crippen LogP contribution >= 0.6 is 0 Å². The van der Waals surface area contributed by atoms with Gasteiger partial charge in [0.1, 0.15) is 5.52 Å². The lowest BCUT2D eigenvalue weighted by Crippen LogP contribution is -2.07. The Morgan fingerprint density at radius 1 is 1.67 bits per heavy atom. The van der Waals surface area contributed by atoms with Crippen molar-refractivity contribution in [2.45, 2.75) is 6.92 Å². The topological polar surface area (TPSA) is 81.0 Å². The minimum atomic E-state index is -0.451. The normalized spacial score (nSPS) is 10.5. The largest absolute Gasteiger partial charge is 0.461 e. The van der Waals surface area contributed by atoms with Crippen molar-refractivity contribution >= 4 is 22.7 Å². The molecular weight excluding hydrogens is 194 g/mol. The number of carbonyl (C=O) groups is 1. The molecule has 0 aliphatic rings. The third kappa shape index (κ3) is 1.52. The molecule has 0 aliphatic heterocycles. The molecule has 0 aliphatic carbocycles. The fraction of sp³-hybridized carbons (Fsp3) is 0.200. The summed E-state index contributed by atoms with van der Waals surface area (Å²) in [5, 5.41) is 0. The molecule has 0 saturated carbocycles. The summed E-state index contributed by atoms with van der Waals surface area (Å²) < 4.78 is 4.86. The van der Waals surface area contributed by atoms with E-state index in [0.717, 1.165) is 5.52 Å². The second-order valence-corrected chi connectivity index (χ2v) is 3.03. The fourth-order valence-electron chi connectivity index (χ4n) is 1.41. The predicted molar refractivity (Wildman–Crippen MR) is 56.5 cm³/mol. The van der Waals surface area contributed by atoms with E-state index in [1.807, 2.05) is 0 Å². The van der Waals surface area contributed by atoms with Crippen LogP contribution in [0.1, 0.15) is 17.4 Å². The van der Waals surface area contributed by atoms with Gasteiger partial charge in [-0.1, -0.05) is 0 Å². The molecule has 0 amide bonds. The SMILES string of the molecule is CCOC(=O)c1[nH]c2cccnc2c1N. The van der Waals surface area contributed by atoms with Crippen LogP contribution in [0.25, 0.3) is 11.0 Å². The summed E-state index contributed by atoms with van der Waals surface area (Å²) >= 11 is 0. The molecule has 0 radical (unpaired) electrons. The number of esters is 1. The van der Waals surface area contributed by atoms with Gasteiger partial charge < -0.3 is 15.5 Å². The third-order valence-electron chi connectivity index (χ3n) is 2.07. The highest BCUT2D eigenvalue weighted by Gasteiger charge is 2.16. The zero-order valence-corrected chi connectivity index (χ0v) is 8.28. The first-order chi connectivity index (χ1) is 7.24. The number of aromatic nitrogens is 2. The number of ether oxygens (including phenoxy) is 1. The number of fused-ring (bicyclic) bond motifs is 1. The Hall–Kier alpha value is -2.04. The Bertz CT molecular complexity index is 504. The maximum Gasteiger partial charge on any atom is 0.356 e. The molecule has 5 heteroatoms. The van der Waals surface area contributed by atoms with Gasteiger partial charge in [-0.15, -0.1) is 0 Å². The Balaban J connectivity index is 2.53. The van der Waals surface area contributed by atoms with Crippen molar-refractivity contribution in [3.05, 3.63) is 24.0 Å². The number of pyridine rings is 1. The molecule has 0 atom stereocenters. The van der Waals surface area contributed by atoms with E-state index in [9.17, 15) is 4.79 Å². The van der Waals surface area contributed by atoms with Crippen LogP contribution in [-0.4, -0.2) is 22.5 Å². The van der Waals surface area contributed by atoms with E-state index in [2.05, 4.69) is 9.97 Å². The van der Waals surface area contributed by atoms with Crippen LogP contribution in [0.4, 0.5) is 5.69 Å². The maximum atomic E-state index is 11.5. The van der Waals surface area contributed by atoms with E-state index in [1.165, 1.54) is 0 Å². The second kappa shape index (κ2) is 3.61. The number of carbonyl (C=O) groups excluding carboxylic acids is 1. The van der Waals surface area contributed by atoms with Crippen LogP contribution in [0.2, 0.25) is 0 Å². The Kier molecular flexibility index (Phi) is 2.29. The van der Waals surface area contributed by atoms with E-state index in [-0.39, 0.29) is 5.69 Å². The summed E-state index contributed by atoms with van der Waals surface area (Å²) in [4.78, 5) is 18.4. The van der Waals surface area contributed by atoms with Gasteiger partial charge in [0.15, 0.2) is 5.69 Å². The van der Waals surface area contributed by atoms with Crippen LogP contribution in [-0.2, 0) is 4.74 Å². The molecule has 3 N–H and O–H groups in total. The number of anilines is 1. The number of H-pyrrole nitrogens is 1. The standard InChI is InChI=1S/C10H11N3O2/c1-2-15-10(14)9-7(11)8-6(13-9)4-3-5-12-8/h3-5,13H,2,11H2,1H3. The zero-order valence-electron chi connectivity index (χ0n) is 8.28. The number of hydrogen-bond donors (Lipinski definition) is 2. The van der Waals surface area contributed by atoms with Crippen molar-refractivity contribution in [3.8, 4) is 0 Å². The van der Waals surface area contributed by atoms with Crippen LogP contribution in [0.5, 0.6) is 0 Å². The lowest BCUT2D eigenvalue weighted by molar-refractivity contribution is 0.0522. The molecule has 5 nitrogen and oxygen atoms in total. The smallest absolute Gasteiger partial charge is 0.356 e. The molecule has 2 aromatic heterocycles. The molecule has 0 unspecified atom stereocenters. The molecule has 0 fully saturated rings. The molecule has 78 valence electrons. The number of nitrogens with two attached hydrogens (primary N) is 1. The van der Waals surface area contributed by atoms with E-state index < -0.39 is 5.97 Å². The average Bonchev–Trinajstić information content (AvgIpc) is 2.57.